The highest BCUT2D eigenvalue weighted by Gasteiger charge is 2.40. The summed E-state index contributed by atoms with van der Waals surface area (Å²) in [6.45, 7) is 4.99. The van der Waals surface area contributed by atoms with E-state index in [2.05, 4.69) is 59.3 Å². The standard InChI is InChI=1S/C24H27N3/c1-3-26-16-17(2)19-12-18(15-25)13-20(14-19)27-23-10-6-4-8-21(23)22-9-5-7-11-24(22)27/h4,6,8,10,12-14,16-17,22,24H,3,5,7,9,11H2,1-2H3/b26-16-/t17-,22?,24?/m0/s1. The maximum atomic E-state index is 9.61. The fourth-order valence-electron chi connectivity index (χ4n) is 4.76. The molecule has 1 saturated carbocycles. The Morgan fingerprint density at radius 1 is 1.22 bits per heavy atom. The molecule has 2 aliphatic rings. The highest BCUT2D eigenvalue weighted by atomic mass is 15.2. The van der Waals surface area contributed by atoms with E-state index in [1.165, 1.54) is 36.9 Å². The lowest BCUT2D eigenvalue weighted by Crippen LogP contribution is -2.32. The van der Waals surface area contributed by atoms with E-state index >= 15 is 0 Å². The largest absolute Gasteiger partial charge is 0.337 e. The third kappa shape index (κ3) is 3.25. The van der Waals surface area contributed by atoms with Crippen LogP contribution in [0.3, 0.4) is 0 Å². The summed E-state index contributed by atoms with van der Waals surface area (Å²) < 4.78 is 0. The molecule has 0 N–H and O–H groups in total. The summed E-state index contributed by atoms with van der Waals surface area (Å²) in [6.07, 6.45) is 7.09. The van der Waals surface area contributed by atoms with E-state index in [4.69, 9.17) is 0 Å². The van der Waals surface area contributed by atoms with Gasteiger partial charge in [-0.15, -0.1) is 0 Å². The molecule has 1 heterocycles. The van der Waals surface area contributed by atoms with Crippen molar-refractivity contribution < 1.29 is 0 Å². The Hall–Kier alpha value is -2.60. The van der Waals surface area contributed by atoms with Crippen LogP contribution in [0, 0.1) is 11.3 Å². The summed E-state index contributed by atoms with van der Waals surface area (Å²) in [5.41, 5.74) is 5.86. The third-order valence-electron chi connectivity index (χ3n) is 6.04. The number of nitrogens with zero attached hydrogens (tertiary/aromatic N) is 3. The molecule has 138 valence electrons. The second-order valence-electron chi connectivity index (χ2n) is 7.75. The maximum absolute atomic E-state index is 9.61. The molecule has 0 radical (unpaired) electrons. The van der Waals surface area contributed by atoms with Crippen molar-refractivity contribution in [3.8, 4) is 6.07 Å². The fraction of sp³-hybridized carbons (Fsp3) is 0.417. The molecule has 0 bridgehead atoms. The minimum absolute atomic E-state index is 0.206. The molecular formula is C24H27N3. The Bertz CT molecular complexity index is 893. The number of anilines is 2. The summed E-state index contributed by atoms with van der Waals surface area (Å²) in [5.74, 6) is 0.820. The van der Waals surface area contributed by atoms with Crippen LogP contribution in [0.4, 0.5) is 11.4 Å². The van der Waals surface area contributed by atoms with Crippen molar-refractivity contribution in [2.45, 2.75) is 57.4 Å². The predicted molar refractivity (Wildman–Crippen MR) is 112 cm³/mol. The van der Waals surface area contributed by atoms with Gasteiger partial charge in [0.25, 0.3) is 0 Å². The van der Waals surface area contributed by atoms with Crippen LogP contribution in [0.25, 0.3) is 0 Å². The molecule has 2 aromatic carbocycles. The van der Waals surface area contributed by atoms with E-state index in [0.717, 1.165) is 23.4 Å². The number of hydrogen-bond donors (Lipinski definition) is 0. The molecule has 0 saturated heterocycles. The van der Waals surface area contributed by atoms with Crippen LogP contribution in [0.2, 0.25) is 0 Å². The molecule has 4 rings (SSSR count). The van der Waals surface area contributed by atoms with Crippen LogP contribution < -0.4 is 4.90 Å². The Morgan fingerprint density at radius 3 is 2.85 bits per heavy atom. The minimum Gasteiger partial charge on any atom is -0.337 e. The van der Waals surface area contributed by atoms with Gasteiger partial charge in [0.1, 0.15) is 0 Å². The van der Waals surface area contributed by atoms with Crippen molar-refractivity contribution in [2.24, 2.45) is 4.99 Å². The number of rotatable bonds is 4. The van der Waals surface area contributed by atoms with Crippen LogP contribution in [0.15, 0.2) is 47.5 Å². The third-order valence-corrected chi connectivity index (χ3v) is 6.04. The molecule has 27 heavy (non-hydrogen) atoms. The molecule has 3 heteroatoms. The molecule has 2 unspecified atom stereocenters. The lowest BCUT2D eigenvalue weighted by atomic mass is 9.82. The zero-order chi connectivity index (χ0) is 18.8. The smallest absolute Gasteiger partial charge is 0.0992 e. The first-order chi connectivity index (χ1) is 13.2. The molecule has 1 fully saturated rings. The van der Waals surface area contributed by atoms with Crippen molar-refractivity contribution >= 4 is 17.6 Å². The predicted octanol–water partition coefficient (Wildman–Crippen LogP) is 5.93. The van der Waals surface area contributed by atoms with E-state index in [9.17, 15) is 5.26 Å². The number of hydrogen-bond acceptors (Lipinski definition) is 3. The zero-order valence-corrected chi connectivity index (χ0v) is 16.2. The van der Waals surface area contributed by atoms with Crippen LogP contribution >= 0.6 is 0 Å². The quantitative estimate of drug-likeness (QED) is 0.636. The average Bonchev–Trinajstić information content (AvgIpc) is 3.06. The van der Waals surface area contributed by atoms with Gasteiger partial charge in [0.2, 0.25) is 0 Å². The topological polar surface area (TPSA) is 39.4 Å². The monoisotopic (exact) mass is 357 g/mol. The van der Waals surface area contributed by atoms with Gasteiger partial charge >= 0.3 is 0 Å². The molecule has 0 spiro atoms. The molecule has 2 aromatic rings. The number of nitriles is 1. The summed E-state index contributed by atoms with van der Waals surface area (Å²) >= 11 is 0. The summed E-state index contributed by atoms with van der Waals surface area (Å²) in [6, 6.07) is 18.0. The van der Waals surface area contributed by atoms with Crippen LogP contribution in [-0.2, 0) is 0 Å². The number of aliphatic imine (C=N–C) groups is 1. The first-order valence-corrected chi connectivity index (χ1v) is 10.2. The highest BCUT2D eigenvalue weighted by molar-refractivity contribution is 5.76. The second-order valence-corrected chi connectivity index (χ2v) is 7.75. The lowest BCUT2D eigenvalue weighted by molar-refractivity contribution is 0.402. The number of para-hydroxylation sites is 1. The van der Waals surface area contributed by atoms with Crippen molar-refractivity contribution in [1.82, 2.24) is 0 Å². The van der Waals surface area contributed by atoms with Gasteiger partial charge in [0.15, 0.2) is 0 Å². The average molecular weight is 358 g/mol. The van der Waals surface area contributed by atoms with Crippen LogP contribution in [-0.4, -0.2) is 18.8 Å². The molecule has 0 amide bonds. The van der Waals surface area contributed by atoms with Gasteiger partial charge in [-0.2, -0.15) is 5.26 Å². The van der Waals surface area contributed by atoms with Gasteiger partial charge in [-0.1, -0.05) is 38.0 Å². The Labute approximate surface area is 162 Å². The van der Waals surface area contributed by atoms with Crippen LogP contribution in [0.5, 0.6) is 0 Å². The van der Waals surface area contributed by atoms with Gasteiger partial charge in [0, 0.05) is 42.0 Å². The first kappa shape index (κ1) is 17.8. The van der Waals surface area contributed by atoms with E-state index in [1.807, 2.05) is 19.2 Å². The van der Waals surface area contributed by atoms with Crippen molar-refractivity contribution in [3.63, 3.8) is 0 Å². The molecule has 0 aromatic heterocycles. The summed E-state index contributed by atoms with van der Waals surface area (Å²) in [4.78, 5) is 6.92. The van der Waals surface area contributed by atoms with Gasteiger partial charge < -0.3 is 4.90 Å². The normalized spacial score (nSPS) is 22.3. The Balaban J connectivity index is 1.80. The molecular weight excluding hydrogens is 330 g/mol. The van der Waals surface area contributed by atoms with Crippen molar-refractivity contribution in [3.05, 3.63) is 59.2 Å². The minimum atomic E-state index is 0.206. The Morgan fingerprint density at radius 2 is 2.04 bits per heavy atom. The van der Waals surface area contributed by atoms with Crippen LogP contribution in [0.1, 0.15) is 68.1 Å². The molecule has 3 atom stereocenters. The highest BCUT2D eigenvalue weighted by Crippen LogP contribution is 2.51. The van der Waals surface area contributed by atoms with Gasteiger partial charge in [0.05, 0.1) is 11.6 Å². The number of benzene rings is 2. The van der Waals surface area contributed by atoms with Gasteiger partial charge in [-0.25, -0.2) is 0 Å². The summed E-state index contributed by atoms with van der Waals surface area (Å²) in [7, 11) is 0. The van der Waals surface area contributed by atoms with Crippen molar-refractivity contribution in [2.75, 3.05) is 11.4 Å². The van der Waals surface area contributed by atoms with Crippen molar-refractivity contribution in [1.29, 1.82) is 5.26 Å². The number of fused-ring (bicyclic) bond motifs is 3. The van der Waals surface area contributed by atoms with E-state index in [-0.39, 0.29) is 5.92 Å². The van der Waals surface area contributed by atoms with Gasteiger partial charge in [-0.3, -0.25) is 4.99 Å². The molecule has 1 aliphatic heterocycles. The van der Waals surface area contributed by atoms with E-state index in [0.29, 0.717) is 12.0 Å². The fourth-order valence-corrected chi connectivity index (χ4v) is 4.76. The summed E-state index contributed by atoms with van der Waals surface area (Å²) in [5, 5.41) is 9.61. The maximum Gasteiger partial charge on any atom is 0.0992 e. The molecule has 1 aliphatic carbocycles. The van der Waals surface area contributed by atoms with Gasteiger partial charge in [-0.05, 0) is 55.2 Å². The second kappa shape index (κ2) is 7.56. The SMILES string of the molecule is CC/N=C\[C@H](C)c1cc(C#N)cc(N2c3ccccc3C3CCCCC32)c1. The first-order valence-electron chi connectivity index (χ1n) is 10.2. The molecule has 3 nitrogen and oxygen atoms in total. The van der Waals surface area contributed by atoms with E-state index < -0.39 is 0 Å². The lowest BCUT2D eigenvalue weighted by Gasteiger charge is -2.34. The van der Waals surface area contributed by atoms with E-state index in [1.54, 1.807) is 0 Å². The zero-order valence-electron chi connectivity index (χ0n) is 16.2. The Kier molecular flexibility index (Phi) is 4.99.